The van der Waals surface area contributed by atoms with Crippen molar-refractivity contribution in [2.75, 3.05) is 0 Å². The van der Waals surface area contributed by atoms with E-state index in [4.69, 9.17) is 11.1 Å². The molecule has 19 heavy (non-hydrogen) atoms. The Morgan fingerprint density at radius 1 is 1.16 bits per heavy atom. The first-order valence-electron chi connectivity index (χ1n) is 5.56. The first-order chi connectivity index (χ1) is 8.99. The number of hydrogen-bond donors (Lipinski definition) is 2. The Morgan fingerprint density at radius 3 is 2.53 bits per heavy atom. The Kier molecular flexibility index (Phi) is 3.85. The van der Waals surface area contributed by atoms with Gasteiger partial charge in [0.1, 0.15) is 5.84 Å². The molecule has 0 saturated carbocycles. The van der Waals surface area contributed by atoms with E-state index >= 15 is 0 Å². The number of rotatable bonds is 3. The van der Waals surface area contributed by atoms with Gasteiger partial charge in [-0.15, -0.1) is 0 Å². The lowest BCUT2D eigenvalue weighted by Crippen LogP contribution is -2.12. The number of hydrogen-bond acceptors (Lipinski definition) is 2. The summed E-state index contributed by atoms with van der Waals surface area (Å²) in [6.45, 7) is 1.88. The van der Waals surface area contributed by atoms with E-state index < -0.39 is 11.6 Å². The number of halogens is 2. The Bertz CT molecular complexity index is 641. The van der Waals surface area contributed by atoms with Crippen LogP contribution >= 0.6 is 11.8 Å². The van der Waals surface area contributed by atoms with Crippen LogP contribution in [0.3, 0.4) is 0 Å². The van der Waals surface area contributed by atoms with E-state index in [9.17, 15) is 8.78 Å². The fourth-order valence-corrected chi connectivity index (χ4v) is 2.71. The number of nitrogens with two attached hydrogens (primary N) is 1. The van der Waals surface area contributed by atoms with Crippen molar-refractivity contribution in [1.29, 1.82) is 5.41 Å². The minimum Gasteiger partial charge on any atom is -0.384 e. The number of nitrogen functional groups attached to an aromatic ring is 1. The highest BCUT2D eigenvalue weighted by molar-refractivity contribution is 7.99. The van der Waals surface area contributed by atoms with Crippen molar-refractivity contribution in [3.05, 3.63) is 59.2 Å². The molecule has 0 aliphatic rings. The third-order valence-corrected chi connectivity index (χ3v) is 3.85. The molecule has 0 amide bonds. The summed E-state index contributed by atoms with van der Waals surface area (Å²) in [5.74, 6) is -1.81. The average Bonchev–Trinajstić information content (AvgIpc) is 2.36. The lowest BCUT2D eigenvalue weighted by atomic mass is 10.1. The van der Waals surface area contributed by atoms with Gasteiger partial charge in [0.25, 0.3) is 0 Å². The van der Waals surface area contributed by atoms with E-state index in [0.717, 1.165) is 22.6 Å². The molecule has 0 spiro atoms. The summed E-state index contributed by atoms with van der Waals surface area (Å²) in [5, 5.41) is 7.55. The number of nitrogens with one attached hydrogen (secondary N) is 1. The molecule has 2 nitrogen and oxygen atoms in total. The summed E-state index contributed by atoms with van der Waals surface area (Å²) in [7, 11) is 0. The predicted molar refractivity (Wildman–Crippen MR) is 72.7 cm³/mol. The lowest BCUT2D eigenvalue weighted by Gasteiger charge is -2.11. The van der Waals surface area contributed by atoms with E-state index in [-0.39, 0.29) is 5.84 Å². The molecule has 0 aromatic heterocycles. The Morgan fingerprint density at radius 2 is 1.89 bits per heavy atom. The third kappa shape index (κ3) is 2.93. The van der Waals surface area contributed by atoms with Crippen LogP contribution in [0.2, 0.25) is 0 Å². The number of amidine groups is 1. The summed E-state index contributed by atoms with van der Waals surface area (Å²) < 4.78 is 26.1. The van der Waals surface area contributed by atoms with E-state index in [1.54, 1.807) is 12.1 Å². The topological polar surface area (TPSA) is 49.9 Å². The molecule has 0 atom stereocenters. The normalized spacial score (nSPS) is 10.5. The van der Waals surface area contributed by atoms with Crippen molar-refractivity contribution < 1.29 is 8.78 Å². The molecular weight excluding hydrogens is 266 g/mol. The van der Waals surface area contributed by atoms with Crippen LogP contribution in [0.25, 0.3) is 0 Å². The monoisotopic (exact) mass is 278 g/mol. The van der Waals surface area contributed by atoms with Gasteiger partial charge >= 0.3 is 0 Å². The SMILES string of the molecule is Cc1cccc(C(=N)N)c1Sc1ccc(F)c(F)c1. The minimum absolute atomic E-state index is 0.0474. The molecule has 2 rings (SSSR count). The summed E-state index contributed by atoms with van der Waals surface area (Å²) in [6.07, 6.45) is 0. The molecule has 98 valence electrons. The number of aryl methyl sites for hydroxylation is 1. The molecule has 0 unspecified atom stereocenters. The van der Waals surface area contributed by atoms with Crippen molar-refractivity contribution in [1.82, 2.24) is 0 Å². The molecule has 3 N–H and O–H groups in total. The maximum atomic E-state index is 13.2. The van der Waals surface area contributed by atoms with Crippen molar-refractivity contribution in [2.45, 2.75) is 16.7 Å². The van der Waals surface area contributed by atoms with E-state index in [1.807, 2.05) is 13.0 Å². The van der Waals surface area contributed by atoms with Gasteiger partial charge in [0.05, 0.1) is 0 Å². The Balaban J connectivity index is 2.42. The van der Waals surface area contributed by atoms with Crippen LogP contribution in [0.1, 0.15) is 11.1 Å². The standard InChI is InChI=1S/C14H12F2N2S/c1-8-3-2-4-10(14(17)18)13(8)19-9-5-6-11(15)12(16)7-9/h2-7H,1H3,(H3,17,18). The van der Waals surface area contributed by atoms with Crippen molar-refractivity contribution in [2.24, 2.45) is 5.73 Å². The number of benzene rings is 2. The fourth-order valence-electron chi connectivity index (χ4n) is 1.66. The molecule has 0 radical (unpaired) electrons. The molecular formula is C14H12F2N2S. The van der Waals surface area contributed by atoms with Crippen LogP contribution in [0.15, 0.2) is 46.2 Å². The molecule has 0 bridgehead atoms. The maximum absolute atomic E-state index is 13.2. The van der Waals surface area contributed by atoms with Crippen molar-refractivity contribution in [3.63, 3.8) is 0 Å². The van der Waals surface area contributed by atoms with Gasteiger partial charge in [0.15, 0.2) is 11.6 Å². The van der Waals surface area contributed by atoms with Gasteiger partial charge in [-0.05, 0) is 30.7 Å². The molecule has 0 saturated heterocycles. The summed E-state index contributed by atoms with van der Waals surface area (Å²) in [4.78, 5) is 1.34. The van der Waals surface area contributed by atoms with Crippen LogP contribution in [0, 0.1) is 24.0 Å². The van der Waals surface area contributed by atoms with Crippen LogP contribution < -0.4 is 5.73 Å². The van der Waals surface area contributed by atoms with Gasteiger partial charge in [0.2, 0.25) is 0 Å². The highest BCUT2D eigenvalue weighted by Gasteiger charge is 2.11. The molecule has 0 aliphatic heterocycles. The van der Waals surface area contributed by atoms with E-state index in [0.29, 0.717) is 10.5 Å². The van der Waals surface area contributed by atoms with Gasteiger partial charge < -0.3 is 5.73 Å². The van der Waals surface area contributed by atoms with Crippen LogP contribution in [-0.4, -0.2) is 5.84 Å². The molecule has 0 aliphatic carbocycles. The van der Waals surface area contributed by atoms with E-state index in [2.05, 4.69) is 0 Å². The zero-order valence-electron chi connectivity index (χ0n) is 10.2. The first kappa shape index (κ1) is 13.5. The average molecular weight is 278 g/mol. The second-order valence-corrected chi connectivity index (χ2v) is 5.13. The summed E-state index contributed by atoms with van der Waals surface area (Å²) in [6, 6.07) is 9.15. The summed E-state index contributed by atoms with van der Waals surface area (Å²) in [5.41, 5.74) is 7.05. The molecule has 0 heterocycles. The van der Waals surface area contributed by atoms with Crippen LogP contribution in [-0.2, 0) is 0 Å². The van der Waals surface area contributed by atoms with Crippen molar-refractivity contribution in [3.8, 4) is 0 Å². The molecule has 2 aromatic carbocycles. The highest BCUT2D eigenvalue weighted by atomic mass is 32.2. The predicted octanol–water partition coefficient (Wildman–Crippen LogP) is 3.71. The Labute approximate surface area is 114 Å². The first-order valence-corrected chi connectivity index (χ1v) is 6.37. The van der Waals surface area contributed by atoms with Gasteiger partial charge in [-0.25, -0.2) is 8.78 Å². The molecule has 5 heteroatoms. The van der Waals surface area contributed by atoms with Gasteiger partial charge in [-0.2, -0.15) is 0 Å². The third-order valence-electron chi connectivity index (χ3n) is 2.61. The quantitative estimate of drug-likeness (QED) is 0.664. The zero-order valence-corrected chi connectivity index (χ0v) is 11.0. The largest absolute Gasteiger partial charge is 0.384 e. The van der Waals surface area contributed by atoms with Crippen LogP contribution in [0.4, 0.5) is 8.78 Å². The smallest absolute Gasteiger partial charge is 0.159 e. The minimum atomic E-state index is -0.886. The zero-order chi connectivity index (χ0) is 14.0. The fraction of sp³-hybridized carbons (Fsp3) is 0.0714. The van der Waals surface area contributed by atoms with Crippen molar-refractivity contribution >= 4 is 17.6 Å². The van der Waals surface area contributed by atoms with E-state index in [1.165, 1.54) is 17.8 Å². The molecule has 2 aromatic rings. The molecule has 0 fully saturated rings. The van der Waals surface area contributed by atoms with Gasteiger partial charge in [-0.1, -0.05) is 30.0 Å². The van der Waals surface area contributed by atoms with Gasteiger partial charge in [0, 0.05) is 15.4 Å². The lowest BCUT2D eigenvalue weighted by molar-refractivity contribution is 0.506. The maximum Gasteiger partial charge on any atom is 0.159 e. The second kappa shape index (κ2) is 5.40. The summed E-state index contributed by atoms with van der Waals surface area (Å²) >= 11 is 1.26. The van der Waals surface area contributed by atoms with Gasteiger partial charge in [-0.3, -0.25) is 5.41 Å². The highest BCUT2D eigenvalue weighted by Crippen LogP contribution is 2.33. The van der Waals surface area contributed by atoms with Crippen LogP contribution in [0.5, 0.6) is 0 Å². The second-order valence-electron chi connectivity index (χ2n) is 4.04. The Hall–Kier alpha value is -1.88.